The molecule has 5 nitrogen and oxygen atoms in total. The average Bonchev–Trinajstić information content (AvgIpc) is 1.98. The van der Waals surface area contributed by atoms with Crippen molar-refractivity contribution in [2.75, 3.05) is 0 Å². The van der Waals surface area contributed by atoms with E-state index in [1.165, 1.54) is 6.92 Å². The summed E-state index contributed by atoms with van der Waals surface area (Å²) >= 11 is 0. The highest BCUT2D eigenvalue weighted by atomic mass is 16.4. The van der Waals surface area contributed by atoms with E-state index in [0.717, 1.165) is 0 Å². The van der Waals surface area contributed by atoms with E-state index in [9.17, 15) is 14.4 Å². The van der Waals surface area contributed by atoms with Crippen molar-refractivity contribution in [3.8, 4) is 0 Å². The molecule has 0 saturated carbocycles. The highest BCUT2D eigenvalue weighted by Gasteiger charge is 2.20. The van der Waals surface area contributed by atoms with Crippen molar-refractivity contribution in [1.29, 1.82) is 0 Å². The third kappa shape index (κ3) is 3.70. The summed E-state index contributed by atoms with van der Waals surface area (Å²) in [5, 5.41) is 16.5. The van der Waals surface area contributed by atoms with Gasteiger partial charge in [0.25, 0.3) is 0 Å². The monoisotopic (exact) mass is 174 g/mol. The molecule has 0 aromatic heterocycles. The molecule has 0 aliphatic carbocycles. The first kappa shape index (κ1) is 10.6. The van der Waals surface area contributed by atoms with Gasteiger partial charge >= 0.3 is 11.9 Å². The predicted octanol–water partition coefficient (Wildman–Crippen LogP) is 0.141. The highest BCUT2D eigenvalue weighted by Crippen LogP contribution is 2.03. The van der Waals surface area contributed by atoms with Crippen molar-refractivity contribution in [3.63, 3.8) is 0 Å². The lowest BCUT2D eigenvalue weighted by molar-refractivity contribution is -0.147. The molecule has 0 aliphatic rings. The van der Waals surface area contributed by atoms with Gasteiger partial charge in [0, 0.05) is 6.42 Å². The first-order valence-corrected chi connectivity index (χ1v) is 3.42. The third-order valence-electron chi connectivity index (χ3n) is 1.44. The van der Waals surface area contributed by atoms with Gasteiger partial charge in [0.1, 0.15) is 11.7 Å². The predicted molar refractivity (Wildman–Crippen MR) is 38.7 cm³/mol. The number of rotatable bonds is 5. The lowest BCUT2D eigenvalue weighted by Gasteiger charge is -2.02. The van der Waals surface area contributed by atoms with Crippen molar-refractivity contribution in [2.24, 2.45) is 5.92 Å². The SMILES string of the molecule is CC(C(=O)O)C(=O)CCC(=O)O. The van der Waals surface area contributed by atoms with E-state index >= 15 is 0 Å². The lowest BCUT2D eigenvalue weighted by Crippen LogP contribution is -2.20. The van der Waals surface area contributed by atoms with Crippen molar-refractivity contribution in [1.82, 2.24) is 0 Å². The Kier molecular flexibility index (Phi) is 3.96. The quantitative estimate of drug-likeness (QED) is 0.578. The molecule has 2 N–H and O–H groups in total. The van der Waals surface area contributed by atoms with Crippen LogP contribution in [-0.2, 0) is 14.4 Å². The van der Waals surface area contributed by atoms with Gasteiger partial charge in [-0.15, -0.1) is 0 Å². The Bertz CT molecular complexity index is 208. The number of carboxylic acids is 2. The van der Waals surface area contributed by atoms with Gasteiger partial charge in [0.05, 0.1) is 6.42 Å². The molecule has 0 saturated heterocycles. The van der Waals surface area contributed by atoms with Crippen LogP contribution in [0.1, 0.15) is 19.8 Å². The first-order chi connectivity index (χ1) is 5.45. The number of hydrogen-bond donors (Lipinski definition) is 2. The van der Waals surface area contributed by atoms with Crippen LogP contribution < -0.4 is 0 Å². The zero-order valence-corrected chi connectivity index (χ0v) is 6.61. The summed E-state index contributed by atoms with van der Waals surface area (Å²) in [5.41, 5.74) is 0. The standard InChI is InChI=1S/C7H10O5/c1-4(7(11)12)5(8)2-3-6(9)10/h4H,2-3H2,1H3,(H,9,10)(H,11,12). The fourth-order valence-electron chi connectivity index (χ4n) is 0.584. The van der Waals surface area contributed by atoms with E-state index in [4.69, 9.17) is 10.2 Å². The van der Waals surface area contributed by atoms with E-state index in [1.807, 2.05) is 0 Å². The van der Waals surface area contributed by atoms with E-state index < -0.39 is 23.6 Å². The van der Waals surface area contributed by atoms with Gasteiger partial charge in [-0.3, -0.25) is 14.4 Å². The van der Waals surface area contributed by atoms with Crippen LogP contribution in [0.2, 0.25) is 0 Å². The van der Waals surface area contributed by atoms with Crippen molar-refractivity contribution in [2.45, 2.75) is 19.8 Å². The van der Waals surface area contributed by atoms with Crippen LogP contribution in [0.15, 0.2) is 0 Å². The molecule has 0 fully saturated rings. The van der Waals surface area contributed by atoms with E-state index in [-0.39, 0.29) is 12.8 Å². The Morgan fingerprint density at radius 1 is 1.17 bits per heavy atom. The molecule has 5 heteroatoms. The smallest absolute Gasteiger partial charge is 0.313 e. The second-order valence-electron chi connectivity index (χ2n) is 2.42. The fourth-order valence-corrected chi connectivity index (χ4v) is 0.584. The van der Waals surface area contributed by atoms with Crippen LogP contribution in [-0.4, -0.2) is 27.9 Å². The molecule has 68 valence electrons. The Morgan fingerprint density at radius 2 is 1.67 bits per heavy atom. The highest BCUT2D eigenvalue weighted by molar-refractivity contribution is 5.98. The van der Waals surface area contributed by atoms with Gasteiger partial charge in [-0.25, -0.2) is 0 Å². The van der Waals surface area contributed by atoms with E-state index in [0.29, 0.717) is 0 Å². The molecule has 0 radical (unpaired) electrons. The maximum absolute atomic E-state index is 10.8. The Labute approximate surface area is 69.0 Å². The van der Waals surface area contributed by atoms with Gasteiger partial charge in [-0.1, -0.05) is 0 Å². The van der Waals surface area contributed by atoms with Crippen LogP contribution >= 0.6 is 0 Å². The minimum absolute atomic E-state index is 0.219. The summed E-state index contributed by atoms with van der Waals surface area (Å²) in [6, 6.07) is 0. The Morgan fingerprint density at radius 3 is 2.00 bits per heavy atom. The number of aliphatic carboxylic acids is 2. The number of Topliss-reactive ketones (excluding diaryl/α,β-unsaturated/α-hetero) is 1. The first-order valence-electron chi connectivity index (χ1n) is 3.42. The van der Waals surface area contributed by atoms with E-state index in [1.54, 1.807) is 0 Å². The van der Waals surface area contributed by atoms with Gasteiger partial charge in [-0.05, 0) is 6.92 Å². The van der Waals surface area contributed by atoms with E-state index in [2.05, 4.69) is 0 Å². The minimum Gasteiger partial charge on any atom is -0.481 e. The van der Waals surface area contributed by atoms with Crippen LogP contribution in [0.3, 0.4) is 0 Å². The summed E-state index contributed by atoms with van der Waals surface area (Å²) in [5.74, 6) is -3.97. The van der Waals surface area contributed by atoms with Gasteiger partial charge in [-0.2, -0.15) is 0 Å². The largest absolute Gasteiger partial charge is 0.481 e. The zero-order chi connectivity index (χ0) is 9.72. The molecule has 0 spiro atoms. The maximum atomic E-state index is 10.8. The lowest BCUT2D eigenvalue weighted by atomic mass is 10.0. The Balaban J connectivity index is 3.88. The number of carboxylic acid groups (broad SMARTS) is 2. The minimum atomic E-state index is -1.22. The van der Waals surface area contributed by atoms with Crippen molar-refractivity contribution < 1.29 is 24.6 Å². The number of hydrogen-bond acceptors (Lipinski definition) is 3. The zero-order valence-electron chi connectivity index (χ0n) is 6.61. The number of carbonyl (C=O) groups excluding carboxylic acids is 1. The summed E-state index contributed by atoms with van der Waals surface area (Å²) in [7, 11) is 0. The topological polar surface area (TPSA) is 91.7 Å². The van der Waals surface area contributed by atoms with Crippen molar-refractivity contribution >= 4 is 17.7 Å². The maximum Gasteiger partial charge on any atom is 0.313 e. The van der Waals surface area contributed by atoms with Crippen LogP contribution in [0.4, 0.5) is 0 Å². The average molecular weight is 174 g/mol. The molecule has 0 aromatic rings. The summed E-state index contributed by atoms with van der Waals surface area (Å²) in [4.78, 5) is 31.1. The molecule has 1 unspecified atom stereocenters. The number of carbonyl (C=O) groups is 3. The molecular weight excluding hydrogens is 164 g/mol. The van der Waals surface area contributed by atoms with Crippen molar-refractivity contribution in [3.05, 3.63) is 0 Å². The molecule has 0 amide bonds. The van der Waals surface area contributed by atoms with Gasteiger partial charge in [0.15, 0.2) is 0 Å². The second-order valence-corrected chi connectivity index (χ2v) is 2.42. The molecule has 1 atom stereocenters. The molecular formula is C7H10O5. The second kappa shape index (κ2) is 4.48. The van der Waals surface area contributed by atoms with Crippen LogP contribution in [0.25, 0.3) is 0 Å². The van der Waals surface area contributed by atoms with Gasteiger partial charge in [0.2, 0.25) is 0 Å². The molecule has 0 bridgehead atoms. The summed E-state index contributed by atoms with van der Waals surface area (Å²) in [6.45, 7) is 1.24. The van der Waals surface area contributed by atoms with Gasteiger partial charge < -0.3 is 10.2 Å². The van der Waals surface area contributed by atoms with Crippen LogP contribution in [0, 0.1) is 5.92 Å². The molecule has 0 heterocycles. The summed E-state index contributed by atoms with van der Waals surface area (Å²) in [6.07, 6.45) is -0.529. The number of ketones is 1. The molecule has 12 heavy (non-hydrogen) atoms. The Hall–Kier alpha value is -1.39. The molecule has 0 aromatic carbocycles. The summed E-state index contributed by atoms with van der Waals surface area (Å²) < 4.78 is 0. The fraction of sp³-hybridized carbons (Fsp3) is 0.571. The third-order valence-corrected chi connectivity index (χ3v) is 1.44. The normalized spacial score (nSPS) is 12.1. The molecule has 0 rings (SSSR count). The molecule has 0 aliphatic heterocycles. The van der Waals surface area contributed by atoms with Crippen LogP contribution in [0.5, 0.6) is 0 Å².